The van der Waals surface area contributed by atoms with Gasteiger partial charge in [0.25, 0.3) is 0 Å². The minimum atomic E-state index is -0.402. The lowest BCUT2D eigenvalue weighted by molar-refractivity contribution is 0.152. The summed E-state index contributed by atoms with van der Waals surface area (Å²) in [6.07, 6.45) is 0.290. The molecule has 0 unspecified atom stereocenters. The van der Waals surface area contributed by atoms with Gasteiger partial charge in [-0.2, -0.15) is 0 Å². The number of carbonyl (C=O) groups excluding carboxylic acids is 1. The van der Waals surface area contributed by atoms with E-state index in [9.17, 15) is 9.90 Å². The molecule has 0 saturated heterocycles. The molecule has 0 fully saturated rings. The summed E-state index contributed by atoms with van der Waals surface area (Å²) in [5.74, 6) is 0.210. The molecular formula is C11H14BrNO3. The van der Waals surface area contributed by atoms with Crippen LogP contribution in [0.5, 0.6) is 5.75 Å². The van der Waals surface area contributed by atoms with Crippen molar-refractivity contribution in [2.75, 3.05) is 13.2 Å². The lowest BCUT2D eigenvalue weighted by atomic mass is 10.1. The molecule has 1 aromatic rings. The number of amides is 1. The first-order valence-electron chi connectivity index (χ1n) is 5.01. The fourth-order valence-corrected chi connectivity index (χ4v) is 1.62. The summed E-state index contributed by atoms with van der Waals surface area (Å²) in [4.78, 5) is 11.0. The Morgan fingerprint density at radius 3 is 2.94 bits per heavy atom. The molecule has 5 heteroatoms. The van der Waals surface area contributed by atoms with E-state index in [0.29, 0.717) is 24.0 Å². The van der Waals surface area contributed by atoms with Crippen molar-refractivity contribution in [2.45, 2.75) is 13.3 Å². The monoisotopic (exact) mass is 287 g/mol. The van der Waals surface area contributed by atoms with Crippen molar-refractivity contribution in [3.63, 3.8) is 0 Å². The van der Waals surface area contributed by atoms with E-state index in [1.54, 1.807) is 13.0 Å². The third-order valence-electron chi connectivity index (χ3n) is 1.97. The third-order valence-corrected chi connectivity index (χ3v) is 2.61. The number of aromatic hydroxyl groups is 1. The number of phenolic OH excluding ortho intramolecular Hbond substituents is 1. The van der Waals surface area contributed by atoms with Gasteiger partial charge in [0, 0.05) is 6.54 Å². The average molecular weight is 288 g/mol. The molecule has 1 rings (SSSR count). The highest BCUT2D eigenvalue weighted by Crippen LogP contribution is 2.24. The standard InChI is InChI=1S/C11H14BrNO3/c1-2-16-11(15)13-6-5-8-3-4-10(14)9(12)7-8/h3-4,7,14H,2,5-6H2,1H3,(H,13,15). The number of rotatable bonds is 4. The number of nitrogens with one attached hydrogen (secondary N) is 1. The number of benzene rings is 1. The van der Waals surface area contributed by atoms with E-state index >= 15 is 0 Å². The largest absolute Gasteiger partial charge is 0.507 e. The molecule has 0 atom stereocenters. The van der Waals surface area contributed by atoms with Crippen molar-refractivity contribution in [3.05, 3.63) is 28.2 Å². The molecule has 1 amide bonds. The first-order chi connectivity index (χ1) is 7.63. The van der Waals surface area contributed by atoms with Crippen molar-refractivity contribution in [3.8, 4) is 5.75 Å². The van der Waals surface area contributed by atoms with Crippen molar-refractivity contribution in [2.24, 2.45) is 0 Å². The number of halogens is 1. The van der Waals surface area contributed by atoms with E-state index in [1.807, 2.05) is 12.1 Å². The normalized spacial score (nSPS) is 9.88. The molecule has 0 bridgehead atoms. The van der Waals surface area contributed by atoms with Gasteiger partial charge in [0.15, 0.2) is 0 Å². The maximum Gasteiger partial charge on any atom is 0.407 e. The van der Waals surface area contributed by atoms with Crippen LogP contribution in [0.25, 0.3) is 0 Å². The van der Waals surface area contributed by atoms with E-state index in [4.69, 9.17) is 4.74 Å². The zero-order valence-corrected chi connectivity index (χ0v) is 10.6. The molecule has 0 aliphatic rings. The highest BCUT2D eigenvalue weighted by Gasteiger charge is 2.02. The van der Waals surface area contributed by atoms with Crippen molar-refractivity contribution >= 4 is 22.0 Å². The van der Waals surface area contributed by atoms with Crippen LogP contribution < -0.4 is 5.32 Å². The second-order valence-corrected chi connectivity index (χ2v) is 4.04. The molecule has 0 aromatic heterocycles. The van der Waals surface area contributed by atoms with Gasteiger partial charge in [0.2, 0.25) is 0 Å². The number of carbonyl (C=O) groups is 1. The highest BCUT2D eigenvalue weighted by atomic mass is 79.9. The maximum atomic E-state index is 11.0. The second-order valence-electron chi connectivity index (χ2n) is 3.18. The SMILES string of the molecule is CCOC(=O)NCCc1ccc(O)c(Br)c1. The number of ether oxygens (including phenoxy) is 1. The first-order valence-corrected chi connectivity index (χ1v) is 5.80. The van der Waals surface area contributed by atoms with Crippen LogP contribution in [0.3, 0.4) is 0 Å². The lowest BCUT2D eigenvalue weighted by Gasteiger charge is -2.06. The van der Waals surface area contributed by atoms with E-state index in [1.165, 1.54) is 0 Å². The second kappa shape index (κ2) is 6.37. The van der Waals surface area contributed by atoms with Crippen LogP contribution in [0, 0.1) is 0 Å². The smallest absolute Gasteiger partial charge is 0.407 e. The van der Waals surface area contributed by atoms with Crippen LogP contribution >= 0.6 is 15.9 Å². The Balaban J connectivity index is 2.37. The van der Waals surface area contributed by atoms with Gasteiger partial charge in [-0.25, -0.2) is 4.79 Å². The molecule has 88 valence electrons. The molecule has 0 saturated carbocycles. The summed E-state index contributed by atoms with van der Waals surface area (Å²) < 4.78 is 5.38. The zero-order valence-electron chi connectivity index (χ0n) is 9.00. The van der Waals surface area contributed by atoms with Gasteiger partial charge < -0.3 is 15.2 Å². The van der Waals surface area contributed by atoms with Gasteiger partial charge in [0.05, 0.1) is 11.1 Å². The lowest BCUT2D eigenvalue weighted by Crippen LogP contribution is -2.26. The molecule has 4 nitrogen and oxygen atoms in total. The van der Waals surface area contributed by atoms with Crippen LogP contribution in [-0.2, 0) is 11.2 Å². The Hall–Kier alpha value is -1.23. The Labute approximate surface area is 103 Å². The maximum absolute atomic E-state index is 11.0. The highest BCUT2D eigenvalue weighted by molar-refractivity contribution is 9.10. The van der Waals surface area contributed by atoms with Gasteiger partial charge in [-0.1, -0.05) is 6.07 Å². The zero-order chi connectivity index (χ0) is 12.0. The Kier molecular flexibility index (Phi) is 5.11. The summed E-state index contributed by atoms with van der Waals surface area (Å²) in [6.45, 7) is 2.64. The van der Waals surface area contributed by atoms with Gasteiger partial charge in [-0.15, -0.1) is 0 Å². The molecule has 1 aromatic carbocycles. The molecule has 0 radical (unpaired) electrons. The van der Waals surface area contributed by atoms with Gasteiger partial charge in [-0.3, -0.25) is 0 Å². The van der Waals surface area contributed by atoms with Crippen LogP contribution in [0.4, 0.5) is 4.79 Å². The van der Waals surface area contributed by atoms with Crippen LogP contribution in [0.2, 0.25) is 0 Å². The van der Waals surface area contributed by atoms with E-state index < -0.39 is 6.09 Å². The summed E-state index contributed by atoms with van der Waals surface area (Å²) in [5.41, 5.74) is 1.03. The van der Waals surface area contributed by atoms with E-state index in [0.717, 1.165) is 5.56 Å². The Morgan fingerprint density at radius 2 is 2.31 bits per heavy atom. The van der Waals surface area contributed by atoms with E-state index in [2.05, 4.69) is 21.2 Å². The summed E-state index contributed by atoms with van der Waals surface area (Å²) >= 11 is 3.23. The van der Waals surface area contributed by atoms with Gasteiger partial charge >= 0.3 is 6.09 Å². The summed E-state index contributed by atoms with van der Waals surface area (Å²) in [7, 11) is 0. The average Bonchev–Trinajstić information content (AvgIpc) is 2.24. The molecule has 0 heterocycles. The predicted octanol–water partition coefficient (Wildman–Crippen LogP) is 2.44. The molecule has 0 aliphatic heterocycles. The first kappa shape index (κ1) is 12.8. The molecule has 2 N–H and O–H groups in total. The fraction of sp³-hybridized carbons (Fsp3) is 0.364. The van der Waals surface area contributed by atoms with Crippen LogP contribution in [-0.4, -0.2) is 24.4 Å². The molecule has 16 heavy (non-hydrogen) atoms. The topological polar surface area (TPSA) is 58.6 Å². The number of alkyl carbamates (subject to hydrolysis) is 1. The quantitative estimate of drug-likeness (QED) is 0.894. The number of phenols is 1. The van der Waals surface area contributed by atoms with Crippen molar-refractivity contribution in [1.29, 1.82) is 0 Å². The Bertz CT molecular complexity index is 368. The molecule has 0 aliphatic carbocycles. The minimum absolute atomic E-state index is 0.210. The Morgan fingerprint density at radius 1 is 1.56 bits per heavy atom. The predicted molar refractivity (Wildman–Crippen MR) is 64.5 cm³/mol. The van der Waals surface area contributed by atoms with Gasteiger partial charge in [0.1, 0.15) is 5.75 Å². The van der Waals surface area contributed by atoms with Gasteiger partial charge in [-0.05, 0) is 47.0 Å². The number of hydrogen-bond acceptors (Lipinski definition) is 3. The van der Waals surface area contributed by atoms with E-state index in [-0.39, 0.29) is 5.75 Å². The molecular weight excluding hydrogens is 274 g/mol. The molecule has 0 spiro atoms. The van der Waals surface area contributed by atoms with Crippen LogP contribution in [0.15, 0.2) is 22.7 Å². The summed E-state index contributed by atoms with van der Waals surface area (Å²) in [6, 6.07) is 5.25. The minimum Gasteiger partial charge on any atom is -0.507 e. The fourth-order valence-electron chi connectivity index (χ4n) is 1.20. The third kappa shape index (κ3) is 4.10. The van der Waals surface area contributed by atoms with Crippen molar-refractivity contribution in [1.82, 2.24) is 5.32 Å². The summed E-state index contributed by atoms with van der Waals surface area (Å²) in [5, 5.41) is 11.9. The van der Waals surface area contributed by atoms with Crippen LogP contribution in [0.1, 0.15) is 12.5 Å². The van der Waals surface area contributed by atoms with Crippen molar-refractivity contribution < 1.29 is 14.6 Å². The number of hydrogen-bond donors (Lipinski definition) is 2.